The first kappa shape index (κ1) is 22.3. The van der Waals surface area contributed by atoms with Gasteiger partial charge >= 0.3 is 0 Å². The monoisotopic (exact) mass is 424 g/mol. The fourth-order valence-corrected chi connectivity index (χ4v) is 4.92. The number of allylic oxidation sites excluding steroid dienone is 1. The molecular weight excluding hydrogens is 391 g/mol. The van der Waals surface area contributed by atoms with E-state index in [1.54, 1.807) is 0 Å². The van der Waals surface area contributed by atoms with Gasteiger partial charge < -0.3 is 0 Å². The first-order valence-corrected chi connectivity index (χ1v) is 12.1. The van der Waals surface area contributed by atoms with Gasteiger partial charge in [0.15, 0.2) is 0 Å². The lowest BCUT2D eigenvalue weighted by Crippen LogP contribution is -2.14. The van der Waals surface area contributed by atoms with E-state index in [-0.39, 0.29) is 5.82 Å². The number of rotatable bonds is 6. The number of aryl methyl sites for hydroxylation is 2. The molecule has 164 valence electrons. The molecule has 0 N–H and O–H groups in total. The van der Waals surface area contributed by atoms with E-state index in [2.05, 4.69) is 55.7 Å². The van der Waals surface area contributed by atoms with Gasteiger partial charge in [-0.15, -0.1) is 6.58 Å². The highest BCUT2D eigenvalue weighted by Gasteiger charge is 2.20. The molecule has 0 bridgehead atoms. The van der Waals surface area contributed by atoms with Gasteiger partial charge in [-0.2, -0.15) is 0 Å². The normalized spacial score (nSPS) is 18.2. The minimum absolute atomic E-state index is 0.215. The highest BCUT2D eigenvalue weighted by molar-refractivity contribution is 5.85. The molecule has 0 aliphatic heterocycles. The lowest BCUT2D eigenvalue weighted by Gasteiger charge is -2.27. The van der Waals surface area contributed by atoms with Gasteiger partial charge in [0, 0.05) is 10.9 Å². The lowest BCUT2D eigenvalue weighted by atomic mass is 9.78. The molecule has 0 amide bonds. The Morgan fingerprint density at radius 1 is 0.906 bits per heavy atom. The molecule has 0 atom stereocenters. The molecule has 0 spiro atoms. The van der Waals surface area contributed by atoms with Crippen molar-refractivity contribution < 1.29 is 4.39 Å². The molecule has 0 unspecified atom stereocenters. The summed E-state index contributed by atoms with van der Waals surface area (Å²) >= 11 is 0. The van der Waals surface area contributed by atoms with Crippen molar-refractivity contribution in [2.45, 2.75) is 58.3 Å². The molecule has 3 aromatic rings. The molecule has 0 saturated heterocycles. The van der Waals surface area contributed by atoms with Crippen LogP contribution in [0.2, 0.25) is 0 Å². The third kappa shape index (κ3) is 5.49. The summed E-state index contributed by atoms with van der Waals surface area (Å²) < 4.78 is 15.1. The van der Waals surface area contributed by atoms with E-state index in [1.807, 2.05) is 30.3 Å². The van der Waals surface area contributed by atoms with Crippen LogP contribution in [0, 0.1) is 29.5 Å². The first-order chi connectivity index (χ1) is 15.7. The van der Waals surface area contributed by atoms with Crippen LogP contribution in [0.15, 0.2) is 67.3 Å². The zero-order chi connectivity index (χ0) is 22.3. The van der Waals surface area contributed by atoms with E-state index in [1.165, 1.54) is 49.7 Å². The standard InChI is InChI=1S/C31H33F/c1-3-5-24-10-12-25(13-11-24)14-15-27-17-21-30-29(22-27)20-19-28(31(30)32)18-16-26-8-6-23(4-2)7-9-26/h3,6-9,17,19-22,24-25H,1,4-5,10-15H2,2H3. The summed E-state index contributed by atoms with van der Waals surface area (Å²) in [5, 5.41) is 1.62. The van der Waals surface area contributed by atoms with Crippen LogP contribution >= 0.6 is 0 Å². The molecule has 32 heavy (non-hydrogen) atoms. The molecule has 1 heteroatoms. The van der Waals surface area contributed by atoms with Crippen molar-refractivity contribution in [2.75, 3.05) is 0 Å². The molecule has 1 aliphatic rings. The predicted molar refractivity (Wildman–Crippen MR) is 134 cm³/mol. The maximum Gasteiger partial charge on any atom is 0.146 e. The Balaban J connectivity index is 1.42. The SMILES string of the molecule is C=CCC1CCC(CCc2ccc3c(F)c(C#Cc4ccc(CC)cc4)ccc3c2)CC1. The Hall–Kier alpha value is -2.85. The van der Waals surface area contributed by atoms with Crippen molar-refractivity contribution in [3.05, 3.63) is 95.3 Å². The van der Waals surface area contributed by atoms with Crippen molar-refractivity contribution in [2.24, 2.45) is 11.8 Å². The Morgan fingerprint density at radius 3 is 2.34 bits per heavy atom. The molecule has 1 aliphatic carbocycles. The summed E-state index contributed by atoms with van der Waals surface area (Å²) in [5.74, 6) is 7.58. The van der Waals surface area contributed by atoms with Crippen LogP contribution in [-0.2, 0) is 12.8 Å². The fraction of sp³-hybridized carbons (Fsp3) is 0.355. The van der Waals surface area contributed by atoms with Crippen molar-refractivity contribution in [3.8, 4) is 11.8 Å². The topological polar surface area (TPSA) is 0 Å². The maximum atomic E-state index is 15.1. The van der Waals surface area contributed by atoms with Gasteiger partial charge in [-0.3, -0.25) is 0 Å². The summed E-state index contributed by atoms with van der Waals surface area (Å²) in [7, 11) is 0. The third-order valence-corrected chi connectivity index (χ3v) is 7.03. The first-order valence-electron chi connectivity index (χ1n) is 12.1. The van der Waals surface area contributed by atoms with Crippen LogP contribution in [-0.4, -0.2) is 0 Å². The van der Waals surface area contributed by atoms with Gasteiger partial charge in [0.1, 0.15) is 5.82 Å². The molecule has 0 nitrogen and oxygen atoms in total. The van der Waals surface area contributed by atoms with Crippen molar-refractivity contribution in [1.29, 1.82) is 0 Å². The second kappa shape index (κ2) is 10.6. The van der Waals surface area contributed by atoms with Crippen LogP contribution in [0.1, 0.15) is 67.7 Å². The Kier molecular flexibility index (Phi) is 7.43. The van der Waals surface area contributed by atoms with Crippen molar-refractivity contribution in [1.82, 2.24) is 0 Å². The Labute approximate surface area is 192 Å². The number of benzene rings is 3. The smallest absolute Gasteiger partial charge is 0.146 e. The molecule has 1 fully saturated rings. The molecule has 0 heterocycles. The van der Waals surface area contributed by atoms with Crippen molar-refractivity contribution in [3.63, 3.8) is 0 Å². The van der Waals surface area contributed by atoms with Crippen LogP contribution in [0.5, 0.6) is 0 Å². The van der Waals surface area contributed by atoms with E-state index >= 15 is 4.39 Å². The van der Waals surface area contributed by atoms with Gasteiger partial charge in [-0.25, -0.2) is 4.39 Å². The highest BCUT2D eigenvalue weighted by atomic mass is 19.1. The minimum Gasteiger partial charge on any atom is -0.205 e. The van der Waals surface area contributed by atoms with E-state index in [4.69, 9.17) is 0 Å². The molecular formula is C31H33F. The third-order valence-electron chi connectivity index (χ3n) is 7.03. The fourth-order valence-electron chi connectivity index (χ4n) is 4.92. The zero-order valence-corrected chi connectivity index (χ0v) is 19.2. The summed E-state index contributed by atoms with van der Waals surface area (Å²) in [6.07, 6.45) is 11.9. The number of fused-ring (bicyclic) bond motifs is 1. The Morgan fingerprint density at radius 2 is 1.62 bits per heavy atom. The second-order valence-electron chi connectivity index (χ2n) is 9.23. The predicted octanol–water partition coefficient (Wildman–Crippen LogP) is 8.26. The summed E-state index contributed by atoms with van der Waals surface area (Å²) in [5.41, 5.74) is 3.96. The number of hydrogen-bond acceptors (Lipinski definition) is 0. The Bertz CT molecular complexity index is 1120. The second-order valence-corrected chi connectivity index (χ2v) is 9.23. The molecule has 1 saturated carbocycles. The summed E-state index contributed by atoms with van der Waals surface area (Å²) in [4.78, 5) is 0. The molecule has 3 aromatic carbocycles. The highest BCUT2D eigenvalue weighted by Crippen LogP contribution is 2.33. The number of hydrogen-bond donors (Lipinski definition) is 0. The van der Waals surface area contributed by atoms with Gasteiger partial charge in [-0.1, -0.05) is 74.1 Å². The van der Waals surface area contributed by atoms with Gasteiger partial charge in [0.25, 0.3) is 0 Å². The van der Waals surface area contributed by atoms with Crippen LogP contribution in [0.25, 0.3) is 10.8 Å². The largest absolute Gasteiger partial charge is 0.205 e. The van der Waals surface area contributed by atoms with E-state index < -0.39 is 0 Å². The average molecular weight is 425 g/mol. The van der Waals surface area contributed by atoms with E-state index in [0.29, 0.717) is 10.9 Å². The quantitative estimate of drug-likeness (QED) is 0.276. The molecule has 0 aromatic heterocycles. The average Bonchev–Trinajstić information content (AvgIpc) is 2.84. The van der Waals surface area contributed by atoms with Crippen LogP contribution < -0.4 is 0 Å². The van der Waals surface area contributed by atoms with Gasteiger partial charge in [0.2, 0.25) is 0 Å². The number of halogens is 1. The van der Waals surface area contributed by atoms with Gasteiger partial charge in [-0.05, 0) is 85.1 Å². The van der Waals surface area contributed by atoms with E-state index in [9.17, 15) is 0 Å². The lowest BCUT2D eigenvalue weighted by molar-refractivity contribution is 0.265. The molecule has 4 rings (SSSR count). The van der Waals surface area contributed by atoms with Crippen molar-refractivity contribution >= 4 is 10.8 Å². The summed E-state index contributed by atoms with van der Waals surface area (Å²) in [6, 6.07) is 18.2. The zero-order valence-electron chi connectivity index (χ0n) is 19.2. The summed E-state index contributed by atoms with van der Waals surface area (Å²) in [6.45, 7) is 6.01. The van der Waals surface area contributed by atoms with Crippen LogP contribution in [0.4, 0.5) is 4.39 Å². The van der Waals surface area contributed by atoms with Gasteiger partial charge in [0.05, 0.1) is 5.56 Å². The van der Waals surface area contributed by atoms with E-state index in [0.717, 1.165) is 35.6 Å². The molecule has 0 radical (unpaired) electrons. The minimum atomic E-state index is -0.215. The maximum absolute atomic E-state index is 15.1. The van der Waals surface area contributed by atoms with Crippen LogP contribution in [0.3, 0.4) is 0 Å².